The Morgan fingerprint density at radius 3 is 2.57 bits per heavy atom. The maximum Gasteiger partial charge on any atom is 1.00 e. The SMILES string of the molecule is Nc1ncn[nH]1.[Cu+]. The molecule has 1 heterocycles. The first-order chi connectivity index (χ1) is 2.89. The molecule has 1 aromatic rings. The maximum absolute atomic E-state index is 5.05. The summed E-state index contributed by atoms with van der Waals surface area (Å²) in [5.41, 5.74) is 5.05. The third-order valence-electron chi connectivity index (χ3n) is 0.434. The van der Waals surface area contributed by atoms with E-state index in [1.54, 1.807) is 0 Å². The van der Waals surface area contributed by atoms with Gasteiger partial charge in [-0.05, 0) is 0 Å². The fourth-order valence-electron chi connectivity index (χ4n) is 0.215. The molecule has 0 unspecified atom stereocenters. The standard InChI is InChI=1S/C2H4N4.Cu/c3-2-4-1-5-6-2;/h1H,(H3,3,4,5,6);/q;+1. The van der Waals surface area contributed by atoms with E-state index in [9.17, 15) is 0 Å². The Kier molecular flexibility index (Phi) is 2.40. The molecule has 3 N–H and O–H groups in total. The van der Waals surface area contributed by atoms with E-state index in [4.69, 9.17) is 5.73 Å². The molecule has 1 aromatic heterocycles. The van der Waals surface area contributed by atoms with Crippen LogP contribution in [0.1, 0.15) is 0 Å². The molecule has 0 aromatic carbocycles. The number of nitrogens with zero attached hydrogens (tertiary/aromatic N) is 2. The van der Waals surface area contributed by atoms with Crippen molar-refractivity contribution in [1.82, 2.24) is 15.2 Å². The average molecular weight is 148 g/mol. The van der Waals surface area contributed by atoms with Crippen LogP contribution in [0.25, 0.3) is 0 Å². The number of H-pyrrole nitrogens is 1. The molecule has 7 heavy (non-hydrogen) atoms. The summed E-state index contributed by atoms with van der Waals surface area (Å²) in [4.78, 5) is 3.53. The van der Waals surface area contributed by atoms with Crippen molar-refractivity contribution >= 4 is 5.95 Å². The largest absolute Gasteiger partial charge is 1.00 e. The second-order valence-corrected chi connectivity index (χ2v) is 0.871. The van der Waals surface area contributed by atoms with E-state index in [1.165, 1.54) is 6.33 Å². The number of nitrogens with two attached hydrogens (primary N) is 1. The van der Waals surface area contributed by atoms with Gasteiger partial charge in [-0.3, -0.25) is 0 Å². The third-order valence-corrected chi connectivity index (χ3v) is 0.434. The van der Waals surface area contributed by atoms with Crippen molar-refractivity contribution < 1.29 is 17.1 Å². The van der Waals surface area contributed by atoms with E-state index < -0.39 is 0 Å². The molecule has 0 fully saturated rings. The zero-order valence-electron chi connectivity index (χ0n) is 3.35. The van der Waals surface area contributed by atoms with Crippen LogP contribution in [0.5, 0.6) is 0 Å². The Hall–Kier alpha value is -0.541. The fourth-order valence-corrected chi connectivity index (χ4v) is 0.215. The van der Waals surface area contributed by atoms with E-state index in [0.717, 1.165) is 0 Å². The molecule has 0 aliphatic carbocycles. The van der Waals surface area contributed by atoms with Crippen molar-refractivity contribution in [2.75, 3.05) is 5.73 Å². The molecule has 0 atom stereocenters. The fraction of sp³-hybridized carbons (Fsp3) is 0. The average Bonchev–Trinajstić information content (AvgIpc) is 1.86. The van der Waals surface area contributed by atoms with Crippen LogP contribution in [0, 0.1) is 0 Å². The van der Waals surface area contributed by atoms with Crippen LogP contribution >= 0.6 is 0 Å². The molecule has 0 aliphatic rings. The van der Waals surface area contributed by atoms with Gasteiger partial charge in [0.1, 0.15) is 6.33 Å². The maximum atomic E-state index is 5.05. The van der Waals surface area contributed by atoms with Gasteiger partial charge < -0.3 is 5.73 Å². The summed E-state index contributed by atoms with van der Waals surface area (Å²) in [6.07, 6.45) is 1.36. The number of aromatic nitrogens is 3. The van der Waals surface area contributed by atoms with E-state index in [-0.39, 0.29) is 17.1 Å². The first-order valence-corrected chi connectivity index (χ1v) is 1.50. The zero-order chi connectivity index (χ0) is 4.41. The zero-order valence-corrected chi connectivity index (χ0v) is 4.29. The van der Waals surface area contributed by atoms with Gasteiger partial charge in [0.2, 0.25) is 5.95 Å². The van der Waals surface area contributed by atoms with Crippen LogP contribution in [0.4, 0.5) is 5.95 Å². The summed E-state index contributed by atoms with van der Waals surface area (Å²) in [5, 5.41) is 5.88. The van der Waals surface area contributed by atoms with E-state index in [1.807, 2.05) is 0 Å². The van der Waals surface area contributed by atoms with Gasteiger partial charge in [0, 0.05) is 0 Å². The molecule has 0 spiro atoms. The van der Waals surface area contributed by atoms with Gasteiger partial charge in [-0.15, -0.1) is 0 Å². The molecular formula is C2H4CuN4+. The predicted octanol–water partition coefficient (Wildman–Crippen LogP) is -0.616. The van der Waals surface area contributed by atoms with Gasteiger partial charge in [-0.25, -0.2) is 10.1 Å². The minimum Gasteiger partial charge on any atom is -0.368 e. The van der Waals surface area contributed by atoms with Crippen molar-refractivity contribution in [1.29, 1.82) is 0 Å². The number of anilines is 1. The smallest absolute Gasteiger partial charge is 0.368 e. The quantitative estimate of drug-likeness (QED) is 0.481. The van der Waals surface area contributed by atoms with Gasteiger partial charge in [0.15, 0.2) is 0 Å². The second-order valence-electron chi connectivity index (χ2n) is 0.871. The van der Waals surface area contributed by atoms with E-state index >= 15 is 0 Å². The van der Waals surface area contributed by atoms with Crippen LogP contribution in [-0.2, 0) is 17.1 Å². The molecule has 0 saturated carbocycles. The van der Waals surface area contributed by atoms with Gasteiger partial charge in [-0.1, -0.05) is 0 Å². The normalized spacial score (nSPS) is 7.43. The van der Waals surface area contributed by atoms with Crippen molar-refractivity contribution in [3.63, 3.8) is 0 Å². The number of nitrogens with one attached hydrogen (secondary N) is 1. The Balaban J connectivity index is 0.000000360. The summed E-state index contributed by atoms with van der Waals surface area (Å²) >= 11 is 0. The van der Waals surface area contributed by atoms with Crippen LogP contribution in [0.2, 0.25) is 0 Å². The monoisotopic (exact) mass is 147 g/mol. The summed E-state index contributed by atoms with van der Waals surface area (Å²) in [7, 11) is 0. The van der Waals surface area contributed by atoms with E-state index in [2.05, 4.69) is 15.2 Å². The molecule has 0 amide bonds. The molecule has 0 radical (unpaired) electrons. The number of hydrogen-bond donors (Lipinski definition) is 2. The molecular weight excluding hydrogens is 144 g/mol. The topological polar surface area (TPSA) is 67.6 Å². The van der Waals surface area contributed by atoms with Gasteiger partial charge in [-0.2, -0.15) is 5.10 Å². The van der Waals surface area contributed by atoms with Gasteiger partial charge >= 0.3 is 17.1 Å². The number of rotatable bonds is 0. The summed E-state index contributed by atoms with van der Waals surface area (Å²) in [6.45, 7) is 0. The van der Waals surface area contributed by atoms with Crippen LogP contribution < -0.4 is 5.73 Å². The molecule has 42 valence electrons. The van der Waals surface area contributed by atoms with Crippen LogP contribution in [0.3, 0.4) is 0 Å². The number of hydrogen-bond acceptors (Lipinski definition) is 3. The summed E-state index contributed by atoms with van der Waals surface area (Å²) < 4.78 is 0. The Labute approximate surface area is 51.0 Å². The van der Waals surface area contributed by atoms with Crippen LogP contribution in [0.15, 0.2) is 6.33 Å². The molecule has 4 nitrogen and oxygen atoms in total. The molecule has 1 rings (SSSR count). The number of nitrogen functional groups attached to an aromatic ring is 1. The first kappa shape index (κ1) is 6.46. The molecule has 0 saturated heterocycles. The summed E-state index contributed by atoms with van der Waals surface area (Å²) in [5.74, 6) is 0.356. The van der Waals surface area contributed by atoms with Crippen molar-refractivity contribution in [2.24, 2.45) is 0 Å². The van der Waals surface area contributed by atoms with E-state index in [0.29, 0.717) is 5.95 Å². The van der Waals surface area contributed by atoms with Crippen molar-refractivity contribution in [3.8, 4) is 0 Å². The molecule has 5 heteroatoms. The Bertz CT molecular complexity index is 113. The molecule has 0 bridgehead atoms. The Morgan fingerprint density at radius 1 is 1.71 bits per heavy atom. The van der Waals surface area contributed by atoms with Crippen molar-refractivity contribution in [2.45, 2.75) is 0 Å². The first-order valence-electron chi connectivity index (χ1n) is 1.50. The molecule has 0 aliphatic heterocycles. The van der Waals surface area contributed by atoms with Gasteiger partial charge in [0.25, 0.3) is 0 Å². The van der Waals surface area contributed by atoms with Crippen molar-refractivity contribution in [3.05, 3.63) is 6.33 Å². The second kappa shape index (κ2) is 2.60. The number of aromatic amines is 1. The predicted molar refractivity (Wildman–Crippen MR) is 20.8 cm³/mol. The minimum atomic E-state index is 0. The summed E-state index contributed by atoms with van der Waals surface area (Å²) in [6, 6.07) is 0. The third kappa shape index (κ3) is 1.57. The minimum absolute atomic E-state index is 0. The van der Waals surface area contributed by atoms with Gasteiger partial charge in [0.05, 0.1) is 0 Å². The van der Waals surface area contributed by atoms with Crippen LogP contribution in [-0.4, -0.2) is 15.2 Å². The Morgan fingerprint density at radius 2 is 2.43 bits per heavy atom.